The minimum Gasteiger partial charge on any atom is -0.494 e. The van der Waals surface area contributed by atoms with Crippen molar-refractivity contribution in [3.63, 3.8) is 0 Å². The van der Waals surface area contributed by atoms with Crippen molar-refractivity contribution >= 4 is 18.1 Å². The van der Waals surface area contributed by atoms with Crippen LogP contribution in [0.5, 0.6) is 5.75 Å². The van der Waals surface area contributed by atoms with E-state index in [1.165, 1.54) is 19.2 Å². The summed E-state index contributed by atoms with van der Waals surface area (Å²) in [6.45, 7) is 0. The fourth-order valence-corrected chi connectivity index (χ4v) is 0.685. The monoisotopic (exact) mass is 177 g/mol. The summed E-state index contributed by atoms with van der Waals surface area (Å²) in [5.41, 5.74) is 5.35. The van der Waals surface area contributed by atoms with Gasteiger partial charge in [-0.3, -0.25) is 0 Å². The molecule has 0 bridgehead atoms. The second kappa shape index (κ2) is 4.03. The van der Waals surface area contributed by atoms with Crippen LogP contribution in [0.15, 0.2) is 18.2 Å². The lowest BCUT2D eigenvalue weighted by Crippen LogP contribution is -1.93. The van der Waals surface area contributed by atoms with Gasteiger partial charge in [-0.1, -0.05) is 6.07 Å². The molecular formula is C7H9ClFNO. The van der Waals surface area contributed by atoms with E-state index in [-0.39, 0.29) is 23.8 Å². The Balaban J connectivity index is 0.000001000. The number of anilines is 1. The van der Waals surface area contributed by atoms with Gasteiger partial charge < -0.3 is 10.5 Å². The smallest absolute Gasteiger partial charge is 0.187 e. The van der Waals surface area contributed by atoms with Crippen LogP contribution < -0.4 is 10.5 Å². The number of ether oxygens (including phenoxy) is 1. The highest BCUT2D eigenvalue weighted by molar-refractivity contribution is 5.85. The summed E-state index contributed by atoms with van der Waals surface area (Å²) in [6, 6.07) is 4.64. The van der Waals surface area contributed by atoms with Crippen LogP contribution in [0.2, 0.25) is 0 Å². The van der Waals surface area contributed by atoms with Gasteiger partial charge in [0, 0.05) is 0 Å². The summed E-state index contributed by atoms with van der Waals surface area (Å²) in [4.78, 5) is 0. The molecular weight excluding hydrogens is 169 g/mol. The van der Waals surface area contributed by atoms with Crippen molar-refractivity contribution < 1.29 is 9.13 Å². The Morgan fingerprint density at radius 3 is 2.55 bits per heavy atom. The zero-order valence-corrected chi connectivity index (χ0v) is 6.82. The number of halogens is 2. The van der Waals surface area contributed by atoms with E-state index in [0.29, 0.717) is 0 Å². The third kappa shape index (κ3) is 1.98. The lowest BCUT2D eigenvalue weighted by Gasteiger charge is -2.01. The molecule has 4 heteroatoms. The molecule has 11 heavy (non-hydrogen) atoms. The number of benzene rings is 1. The van der Waals surface area contributed by atoms with Crippen LogP contribution in [-0.2, 0) is 0 Å². The van der Waals surface area contributed by atoms with E-state index in [2.05, 4.69) is 4.74 Å². The normalized spacial score (nSPS) is 8.55. The second-order valence-corrected chi connectivity index (χ2v) is 1.86. The summed E-state index contributed by atoms with van der Waals surface area (Å²) in [5, 5.41) is 0. The lowest BCUT2D eigenvalue weighted by molar-refractivity contribution is 0.387. The first kappa shape index (κ1) is 10.0. The largest absolute Gasteiger partial charge is 0.494 e. The van der Waals surface area contributed by atoms with E-state index in [9.17, 15) is 4.39 Å². The quantitative estimate of drug-likeness (QED) is 0.665. The Kier molecular flexibility index (Phi) is 3.68. The molecule has 0 saturated heterocycles. The van der Waals surface area contributed by atoms with Crippen LogP contribution in [0.25, 0.3) is 0 Å². The van der Waals surface area contributed by atoms with Crippen molar-refractivity contribution in [1.29, 1.82) is 0 Å². The Bertz CT molecular complexity index is 242. The molecule has 0 radical (unpaired) electrons. The van der Waals surface area contributed by atoms with Gasteiger partial charge in [-0.15, -0.1) is 12.4 Å². The van der Waals surface area contributed by atoms with Gasteiger partial charge in [0.15, 0.2) is 11.6 Å². The fraction of sp³-hybridized carbons (Fsp3) is 0.143. The lowest BCUT2D eigenvalue weighted by atomic mass is 10.3. The van der Waals surface area contributed by atoms with E-state index < -0.39 is 5.82 Å². The van der Waals surface area contributed by atoms with Crippen LogP contribution in [-0.4, -0.2) is 7.11 Å². The first-order valence-corrected chi connectivity index (χ1v) is 2.83. The van der Waals surface area contributed by atoms with E-state index >= 15 is 0 Å². The van der Waals surface area contributed by atoms with Crippen LogP contribution >= 0.6 is 12.4 Å². The first-order valence-electron chi connectivity index (χ1n) is 2.83. The van der Waals surface area contributed by atoms with Crippen molar-refractivity contribution in [2.75, 3.05) is 12.8 Å². The average molecular weight is 178 g/mol. The molecule has 0 unspecified atom stereocenters. The number of nitrogen functional groups attached to an aromatic ring is 1. The molecule has 62 valence electrons. The molecule has 2 nitrogen and oxygen atoms in total. The zero-order valence-electron chi connectivity index (χ0n) is 6.00. The van der Waals surface area contributed by atoms with E-state index in [1.54, 1.807) is 6.07 Å². The number of hydrogen-bond donors (Lipinski definition) is 1. The van der Waals surface area contributed by atoms with Crippen LogP contribution in [0.1, 0.15) is 0 Å². The topological polar surface area (TPSA) is 35.2 Å². The minimum absolute atomic E-state index is 0. The fourth-order valence-electron chi connectivity index (χ4n) is 0.685. The molecule has 0 heterocycles. The third-order valence-corrected chi connectivity index (χ3v) is 1.21. The number of methoxy groups -OCH3 is 1. The van der Waals surface area contributed by atoms with Gasteiger partial charge in [0.1, 0.15) is 0 Å². The summed E-state index contributed by atoms with van der Waals surface area (Å²) < 4.78 is 17.4. The predicted molar refractivity (Wildman–Crippen MR) is 44.6 cm³/mol. The molecule has 0 aliphatic carbocycles. The maximum atomic E-state index is 12.8. The van der Waals surface area contributed by atoms with Gasteiger partial charge in [0.2, 0.25) is 0 Å². The molecule has 0 fully saturated rings. The van der Waals surface area contributed by atoms with Crippen LogP contribution in [0, 0.1) is 5.82 Å². The van der Waals surface area contributed by atoms with Gasteiger partial charge in [0.25, 0.3) is 0 Å². The highest BCUT2D eigenvalue weighted by atomic mass is 35.5. The zero-order chi connectivity index (χ0) is 7.56. The van der Waals surface area contributed by atoms with Crippen LogP contribution in [0.4, 0.5) is 10.1 Å². The molecule has 0 aliphatic heterocycles. The number of nitrogens with two attached hydrogens (primary N) is 1. The van der Waals surface area contributed by atoms with E-state index in [0.717, 1.165) is 0 Å². The standard InChI is InChI=1S/C7H8FNO.ClH/c1-10-6-4-2-3-5(9)7(6)8;/h2-4H,9H2,1H3;1H. The Hall–Kier alpha value is -0.960. The van der Waals surface area contributed by atoms with E-state index in [4.69, 9.17) is 5.73 Å². The van der Waals surface area contributed by atoms with Crippen molar-refractivity contribution in [1.82, 2.24) is 0 Å². The second-order valence-electron chi connectivity index (χ2n) is 1.86. The van der Waals surface area contributed by atoms with Crippen molar-refractivity contribution in [3.8, 4) is 5.75 Å². The maximum Gasteiger partial charge on any atom is 0.187 e. The highest BCUT2D eigenvalue weighted by Crippen LogP contribution is 2.20. The van der Waals surface area contributed by atoms with Gasteiger partial charge in [-0.25, -0.2) is 4.39 Å². The van der Waals surface area contributed by atoms with Crippen molar-refractivity contribution in [2.45, 2.75) is 0 Å². The summed E-state index contributed by atoms with van der Waals surface area (Å²) in [5.74, 6) is -0.315. The highest BCUT2D eigenvalue weighted by Gasteiger charge is 2.02. The Morgan fingerprint density at radius 2 is 2.09 bits per heavy atom. The summed E-state index contributed by atoms with van der Waals surface area (Å²) in [6.07, 6.45) is 0. The molecule has 0 aromatic heterocycles. The van der Waals surface area contributed by atoms with Gasteiger partial charge >= 0.3 is 0 Å². The number of hydrogen-bond acceptors (Lipinski definition) is 2. The van der Waals surface area contributed by atoms with Gasteiger partial charge in [0.05, 0.1) is 12.8 Å². The molecule has 1 aromatic carbocycles. The Labute approximate surface area is 70.6 Å². The molecule has 1 aromatic rings. The third-order valence-electron chi connectivity index (χ3n) is 1.21. The minimum atomic E-state index is -0.495. The molecule has 0 amide bonds. The summed E-state index contributed by atoms with van der Waals surface area (Å²) >= 11 is 0. The molecule has 0 spiro atoms. The maximum absolute atomic E-state index is 12.8. The average Bonchev–Trinajstić information content (AvgIpc) is 1.95. The number of rotatable bonds is 1. The predicted octanol–water partition coefficient (Wildman–Crippen LogP) is 1.84. The molecule has 1 rings (SSSR count). The SMILES string of the molecule is COc1cccc(N)c1F.Cl. The van der Waals surface area contributed by atoms with Gasteiger partial charge in [-0.05, 0) is 12.1 Å². The Morgan fingerprint density at radius 1 is 1.45 bits per heavy atom. The molecule has 2 N–H and O–H groups in total. The van der Waals surface area contributed by atoms with Crippen molar-refractivity contribution in [3.05, 3.63) is 24.0 Å². The molecule has 0 aliphatic rings. The molecule has 0 saturated carbocycles. The van der Waals surface area contributed by atoms with Gasteiger partial charge in [-0.2, -0.15) is 0 Å². The van der Waals surface area contributed by atoms with E-state index in [1.807, 2.05) is 0 Å². The molecule has 0 atom stereocenters. The van der Waals surface area contributed by atoms with Crippen molar-refractivity contribution in [2.24, 2.45) is 0 Å². The van der Waals surface area contributed by atoms with Crippen LogP contribution in [0.3, 0.4) is 0 Å². The summed E-state index contributed by atoms with van der Waals surface area (Å²) in [7, 11) is 1.40. The first-order chi connectivity index (χ1) is 4.75.